The molecule has 1 fully saturated rings. The van der Waals surface area contributed by atoms with Crippen molar-refractivity contribution in [3.05, 3.63) is 90.0 Å². The molecule has 0 saturated carbocycles. The standard InChI is InChI=1S/C24H23NO/c1-2-6-18(7-3-1)15-25-23-13-22(14-24(25)17-26-16-23)21-11-10-19-8-4-5-9-20(19)12-21/h1-13,23-24H,14-17H2. The van der Waals surface area contributed by atoms with E-state index in [-0.39, 0.29) is 0 Å². The van der Waals surface area contributed by atoms with Crippen molar-refractivity contribution in [2.75, 3.05) is 13.2 Å². The third-order valence-corrected chi connectivity index (χ3v) is 5.67. The highest BCUT2D eigenvalue weighted by Gasteiger charge is 2.34. The predicted molar refractivity (Wildman–Crippen MR) is 107 cm³/mol. The molecule has 2 aliphatic rings. The summed E-state index contributed by atoms with van der Waals surface area (Å²) in [5, 5.41) is 2.63. The number of morpholine rings is 1. The van der Waals surface area contributed by atoms with Crippen LogP contribution in [0.5, 0.6) is 0 Å². The Balaban J connectivity index is 1.46. The van der Waals surface area contributed by atoms with E-state index in [9.17, 15) is 0 Å². The molecule has 2 unspecified atom stereocenters. The fourth-order valence-corrected chi connectivity index (χ4v) is 4.30. The lowest BCUT2D eigenvalue weighted by Gasteiger charge is -2.45. The molecule has 2 nitrogen and oxygen atoms in total. The maximum Gasteiger partial charge on any atom is 0.0658 e. The van der Waals surface area contributed by atoms with Crippen LogP contribution in [0, 0.1) is 0 Å². The molecule has 130 valence electrons. The fourth-order valence-electron chi connectivity index (χ4n) is 4.30. The van der Waals surface area contributed by atoms with Crippen LogP contribution in [-0.2, 0) is 11.3 Å². The van der Waals surface area contributed by atoms with Gasteiger partial charge in [-0.15, -0.1) is 0 Å². The van der Waals surface area contributed by atoms with E-state index in [1.807, 2.05) is 0 Å². The third kappa shape index (κ3) is 2.96. The molecule has 2 heterocycles. The summed E-state index contributed by atoms with van der Waals surface area (Å²) < 4.78 is 5.87. The molecule has 2 heteroatoms. The summed E-state index contributed by atoms with van der Waals surface area (Å²) in [6.45, 7) is 2.62. The summed E-state index contributed by atoms with van der Waals surface area (Å²) in [6.07, 6.45) is 3.49. The van der Waals surface area contributed by atoms with E-state index in [1.54, 1.807) is 0 Å². The first-order chi connectivity index (χ1) is 12.9. The van der Waals surface area contributed by atoms with Gasteiger partial charge in [-0.3, -0.25) is 4.90 Å². The van der Waals surface area contributed by atoms with Crippen molar-refractivity contribution in [2.45, 2.75) is 25.0 Å². The molecule has 0 aliphatic carbocycles. The lowest BCUT2D eigenvalue weighted by Crippen LogP contribution is -2.53. The van der Waals surface area contributed by atoms with Gasteiger partial charge in [0.15, 0.2) is 0 Å². The monoisotopic (exact) mass is 341 g/mol. The number of benzene rings is 3. The number of rotatable bonds is 3. The fraction of sp³-hybridized carbons (Fsp3) is 0.250. The summed E-state index contributed by atoms with van der Waals surface area (Å²) >= 11 is 0. The molecule has 0 N–H and O–H groups in total. The van der Waals surface area contributed by atoms with Crippen molar-refractivity contribution in [1.29, 1.82) is 0 Å². The second-order valence-corrected chi connectivity index (χ2v) is 7.37. The zero-order valence-electron chi connectivity index (χ0n) is 14.8. The van der Waals surface area contributed by atoms with E-state index in [4.69, 9.17) is 4.74 Å². The van der Waals surface area contributed by atoms with Crippen LogP contribution in [0.1, 0.15) is 17.5 Å². The molecule has 0 aromatic heterocycles. The van der Waals surface area contributed by atoms with E-state index in [0.29, 0.717) is 12.1 Å². The van der Waals surface area contributed by atoms with E-state index < -0.39 is 0 Å². The zero-order valence-corrected chi connectivity index (χ0v) is 14.8. The number of nitrogens with zero attached hydrogens (tertiary/aromatic N) is 1. The average Bonchev–Trinajstić information content (AvgIpc) is 2.68. The summed E-state index contributed by atoms with van der Waals surface area (Å²) in [5.74, 6) is 0. The SMILES string of the molecule is C1=C(c2ccc3ccccc3c2)CC2COCC1N2Cc1ccccc1. The summed E-state index contributed by atoms with van der Waals surface area (Å²) in [7, 11) is 0. The van der Waals surface area contributed by atoms with Gasteiger partial charge in [0.2, 0.25) is 0 Å². The normalized spacial score (nSPS) is 23.0. The Morgan fingerprint density at radius 3 is 2.50 bits per heavy atom. The van der Waals surface area contributed by atoms with Crippen molar-refractivity contribution < 1.29 is 4.74 Å². The van der Waals surface area contributed by atoms with Crippen molar-refractivity contribution in [1.82, 2.24) is 4.90 Å². The first kappa shape index (κ1) is 15.8. The van der Waals surface area contributed by atoms with Crippen molar-refractivity contribution in [3.8, 4) is 0 Å². The molecular formula is C24H23NO. The van der Waals surface area contributed by atoms with Gasteiger partial charge in [0, 0.05) is 12.6 Å². The highest BCUT2D eigenvalue weighted by molar-refractivity contribution is 5.86. The van der Waals surface area contributed by atoms with Crippen molar-refractivity contribution >= 4 is 16.3 Å². The van der Waals surface area contributed by atoms with Crippen LogP contribution >= 0.6 is 0 Å². The highest BCUT2D eigenvalue weighted by Crippen LogP contribution is 2.34. The quantitative estimate of drug-likeness (QED) is 0.672. The average molecular weight is 341 g/mol. The van der Waals surface area contributed by atoms with Crippen LogP contribution < -0.4 is 0 Å². The Labute approximate surface area is 154 Å². The van der Waals surface area contributed by atoms with Crippen LogP contribution in [0.15, 0.2) is 78.9 Å². The predicted octanol–water partition coefficient (Wildman–Crippen LogP) is 4.90. The molecule has 2 atom stereocenters. The van der Waals surface area contributed by atoms with Crippen LogP contribution in [0.2, 0.25) is 0 Å². The first-order valence-corrected chi connectivity index (χ1v) is 9.44. The minimum atomic E-state index is 0.365. The number of ether oxygens (including phenoxy) is 1. The van der Waals surface area contributed by atoms with Gasteiger partial charge in [-0.25, -0.2) is 0 Å². The van der Waals surface area contributed by atoms with Gasteiger partial charge in [-0.1, -0.05) is 72.8 Å². The Morgan fingerprint density at radius 2 is 1.65 bits per heavy atom. The molecule has 0 spiro atoms. The lowest BCUT2D eigenvalue weighted by atomic mass is 9.88. The minimum absolute atomic E-state index is 0.365. The summed E-state index contributed by atoms with van der Waals surface area (Å²) in [5.41, 5.74) is 4.21. The van der Waals surface area contributed by atoms with E-state index in [0.717, 1.165) is 26.2 Å². The topological polar surface area (TPSA) is 12.5 Å². The molecule has 26 heavy (non-hydrogen) atoms. The Bertz CT molecular complexity index is 947. The third-order valence-electron chi connectivity index (χ3n) is 5.67. The summed E-state index contributed by atoms with van der Waals surface area (Å²) in [6, 6.07) is 27.1. The zero-order chi connectivity index (χ0) is 17.3. The van der Waals surface area contributed by atoms with E-state index in [2.05, 4.69) is 83.8 Å². The summed E-state index contributed by atoms with van der Waals surface area (Å²) in [4.78, 5) is 2.61. The number of hydrogen-bond donors (Lipinski definition) is 0. The Morgan fingerprint density at radius 1 is 0.846 bits per heavy atom. The maximum absolute atomic E-state index is 5.87. The van der Waals surface area contributed by atoms with Crippen molar-refractivity contribution in [2.24, 2.45) is 0 Å². The first-order valence-electron chi connectivity index (χ1n) is 9.44. The van der Waals surface area contributed by atoms with Gasteiger partial charge >= 0.3 is 0 Å². The number of fused-ring (bicyclic) bond motifs is 3. The van der Waals surface area contributed by atoms with E-state index >= 15 is 0 Å². The molecule has 0 radical (unpaired) electrons. The smallest absolute Gasteiger partial charge is 0.0658 e. The molecule has 2 bridgehead atoms. The van der Waals surface area contributed by atoms with Gasteiger partial charge in [0.05, 0.1) is 19.3 Å². The van der Waals surface area contributed by atoms with Gasteiger partial charge in [0.1, 0.15) is 0 Å². The van der Waals surface area contributed by atoms with Crippen LogP contribution in [0.25, 0.3) is 16.3 Å². The largest absolute Gasteiger partial charge is 0.378 e. The van der Waals surface area contributed by atoms with Crippen molar-refractivity contribution in [3.63, 3.8) is 0 Å². The molecule has 3 aromatic rings. The molecule has 5 rings (SSSR count). The molecule has 1 saturated heterocycles. The number of hydrogen-bond acceptors (Lipinski definition) is 2. The maximum atomic E-state index is 5.87. The molecule has 0 amide bonds. The van der Waals surface area contributed by atoms with Gasteiger partial charge in [0.25, 0.3) is 0 Å². The second kappa shape index (κ2) is 6.71. The van der Waals surface area contributed by atoms with Gasteiger partial charge < -0.3 is 4.74 Å². The Hall–Kier alpha value is -2.42. The minimum Gasteiger partial charge on any atom is -0.378 e. The van der Waals surface area contributed by atoms with Crippen LogP contribution in [0.3, 0.4) is 0 Å². The molecule has 2 aliphatic heterocycles. The molecule has 3 aromatic carbocycles. The van der Waals surface area contributed by atoms with Crippen LogP contribution in [-0.4, -0.2) is 30.2 Å². The Kier molecular flexibility index (Phi) is 4.08. The van der Waals surface area contributed by atoms with Gasteiger partial charge in [-0.2, -0.15) is 0 Å². The van der Waals surface area contributed by atoms with Crippen LogP contribution in [0.4, 0.5) is 0 Å². The van der Waals surface area contributed by atoms with Gasteiger partial charge in [-0.05, 0) is 40.0 Å². The highest BCUT2D eigenvalue weighted by atomic mass is 16.5. The molecular weight excluding hydrogens is 318 g/mol. The second-order valence-electron chi connectivity index (χ2n) is 7.37. The van der Waals surface area contributed by atoms with E-state index in [1.165, 1.54) is 27.5 Å². The lowest BCUT2D eigenvalue weighted by molar-refractivity contribution is -0.0402.